The molecule has 1 aliphatic rings. The number of aliphatic hydroxyl groups excluding tert-OH is 1. The van der Waals surface area contributed by atoms with Crippen LogP contribution in [0.4, 0.5) is 5.69 Å². The smallest absolute Gasteiger partial charge is 0.0681 e. The lowest BCUT2D eigenvalue weighted by Gasteiger charge is -2.45. The number of anilines is 1. The number of benzene rings is 1. The molecule has 19 heavy (non-hydrogen) atoms. The van der Waals surface area contributed by atoms with E-state index in [-0.39, 0.29) is 6.61 Å². The average Bonchev–Trinajstić information content (AvgIpc) is 2.25. The molecule has 0 saturated heterocycles. The summed E-state index contributed by atoms with van der Waals surface area (Å²) in [7, 11) is 0. The summed E-state index contributed by atoms with van der Waals surface area (Å²) in [6.45, 7) is 9.60. The Kier molecular flexibility index (Phi) is 3.91. The van der Waals surface area contributed by atoms with E-state index in [0.29, 0.717) is 16.9 Å². The molecule has 0 aliphatic heterocycles. The molecule has 2 rings (SSSR count). The molecule has 106 valence electrons. The highest BCUT2D eigenvalue weighted by Crippen LogP contribution is 2.46. The van der Waals surface area contributed by atoms with E-state index in [1.165, 1.54) is 19.3 Å². The van der Waals surface area contributed by atoms with Gasteiger partial charge in [0.1, 0.15) is 0 Å². The van der Waals surface area contributed by atoms with E-state index in [2.05, 4.69) is 45.1 Å². The molecule has 0 spiro atoms. The van der Waals surface area contributed by atoms with Gasteiger partial charge in [-0.25, -0.2) is 0 Å². The summed E-state index contributed by atoms with van der Waals surface area (Å²) < 4.78 is 0. The third kappa shape index (κ3) is 3.97. The van der Waals surface area contributed by atoms with Crippen molar-refractivity contribution in [2.75, 3.05) is 5.32 Å². The summed E-state index contributed by atoms with van der Waals surface area (Å²) in [6, 6.07) is 8.65. The summed E-state index contributed by atoms with van der Waals surface area (Å²) >= 11 is 0. The Balaban J connectivity index is 2.05. The maximum absolute atomic E-state index is 9.07. The Morgan fingerprint density at radius 1 is 1.05 bits per heavy atom. The van der Waals surface area contributed by atoms with Gasteiger partial charge in [0.2, 0.25) is 0 Å². The Labute approximate surface area is 117 Å². The van der Waals surface area contributed by atoms with Crippen molar-refractivity contribution in [3.05, 3.63) is 29.8 Å². The SMILES string of the molecule is CC1(C)CC(Nc2ccc(CO)cc2)CC(C)(C)C1. The molecule has 0 atom stereocenters. The van der Waals surface area contributed by atoms with Crippen LogP contribution >= 0.6 is 0 Å². The van der Waals surface area contributed by atoms with E-state index in [1.807, 2.05) is 12.1 Å². The monoisotopic (exact) mass is 261 g/mol. The number of hydrogen-bond donors (Lipinski definition) is 2. The fourth-order valence-electron chi connectivity index (χ4n) is 3.89. The largest absolute Gasteiger partial charge is 0.392 e. The van der Waals surface area contributed by atoms with Crippen molar-refractivity contribution in [2.45, 2.75) is 59.6 Å². The lowest BCUT2D eigenvalue weighted by molar-refractivity contribution is 0.105. The van der Waals surface area contributed by atoms with Crippen molar-refractivity contribution in [1.82, 2.24) is 0 Å². The van der Waals surface area contributed by atoms with Crippen LogP contribution in [0, 0.1) is 10.8 Å². The first-order valence-electron chi connectivity index (χ1n) is 7.26. The quantitative estimate of drug-likeness (QED) is 0.855. The zero-order valence-electron chi connectivity index (χ0n) is 12.7. The Bertz CT molecular complexity index is 403. The van der Waals surface area contributed by atoms with Crippen LogP contribution in [0.2, 0.25) is 0 Å². The fourth-order valence-corrected chi connectivity index (χ4v) is 3.89. The predicted molar refractivity (Wildman–Crippen MR) is 81.2 cm³/mol. The van der Waals surface area contributed by atoms with Gasteiger partial charge in [-0.15, -0.1) is 0 Å². The molecule has 0 aromatic heterocycles. The maximum Gasteiger partial charge on any atom is 0.0681 e. The van der Waals surface area contributed by atoms with Crippen molar-refractivity contribution < 1.29 is 5.11 Å². The first kappa shape index (κ1) is 14.4. The van der Waals surface area contributed by atoms with Gasteiger partial charge in [0.25, 0.3) is 0 Å². The molecule has 1 aliphatic carbocycles. The van der Waals surface area contributed by atoms with Crippen molar-refractivity contribution in [3.63, 3.8) is 0 Å². The first-order valence-corrected chi connectivity index (χ1v) is 7.26. The van der Waals surface area contributed by atoms with Gasteiger partial charge in [-0.1, -0.05) is 39.8 Å². The van der Waals surface area contributed by atoms with Gasteiger partial charge in [0.15, 0.2) is 0 Å². The molecule has 1 aromatic carbocycles. The Morgan fingerprint density at radius 2 is 1.58 bits per heavy atom. The van der Waals surface area contributed by atoms with Gasteiger partial charge in [0.05, 0.1) is 6.61 Å². The van der Waals surface area contributed by atoms with Crippen molar-refractivity contribution in [3.8, 4) is 0 Å². The van der Waals surface area contributed by atoms with Crippen LogP contribution in [0.5, 0.6) is 0 Å². The molecule has 0 bridgehead atoms. The van der Waals surface area contributed by atoms with Gasteiger partial charge < -0.3 is 10.4 Å². The summed E-state index contributed by atoms with van der Waals surface area (Å²) in [5.41, 5.74) is 2.94. The second kappa shape index (κ2) is 5.16. The normalized spacial score (nSPS) is 22.2. The lowest BCUT2D eigenvalue weighted by atomic mass is 9.63. The average molecular weight is 261 g/mol. The highest BCUT2D eigenvalue weighted by Gasteiger charge is 2.38. The molecule has 2 nitrogen and oxygen atoms in total. The van der Waals surface area contributed by atoms with E-state index in [9.17, 15) is 0 Å². The summed E-state index contributed by atoms with van der Waals surface area (Å²) in [5, 5.41) is 12.7. The predicted octanol–water partition coefficient (Wildman–Crippen LogP) is 4.20. The van der Waals surface area contributed by atoms with Crippen LogP contribution in [-0.4, -0.2) is 11.1 Å². The molecule has 2 heteroatoms. The molecule has 0 radical (unpaired) electrons. The Hall–Kier alpha value is -1.02. The minimum Gasteiger partial charge on any atom is -0.392 e. The van der Waals surface area contributed by atoms with E-state index in [4.69, 9.17) is 5.11 Å². The second-order valence-corrected chi connectivity index (χ2v) is 7.61. The van der Waals surface area contributed by atoms with Gasteiger partial charge in [-0.2, -0.15) is 0 Å². The molecular formula is C17H27NO. The molecule has 1 saturated carbocycles. The van der Waals surface area contributed by atoms with E-state index in [1.54, 1.807) is 0 Å². The van der Waals surface area contributed by atoms with Gasteiger partial charge in [-0.3, -0.25) is 0 Å². The lowest BCUT2D eigenvalue weighted by Crippen LogP contribution is -2.40. The van der Waals surface area contributed by atoms with Crippen LogP contribution in [0.15, 0.2) is 24.3 Å². The van der Waals surface area contributed by atoms with E-state index in [0.717, 1.165) is 11.3 Å². The van der Waals surface area contributed by atoms with Crippen molar-refractivity contribution in [2.24, 2.45) is 10.8 Å². The van der Waals surface area contributed by atoms with Crippen LogP contribution in [0.25, 0.3) is 0 Å². The summed E-state index contributed by atoms with van der Waals surface area (Å²) in [6.07, 6.45) is 3.73. The second-order valence-electron chi connectivity index (χ2n) is 7.61. The number of aliphatic hydroxyl groups is 1. The van der Waals surface area contributed by atoms with Crippen molar-refractivity contribution >= 4 is 5.69 Å². The zero-order valence-corrected chi connectivity index (χ0v) is 12.7. The Morgan fingerprint density at radius 3 is 2.05 bits per heavy atom. The van der Waals surface area contributed by atoms with E-state index < -0.39 is 0 Å². The fraction of sp³-hybridized carbons (Fsp3) is 0.647. The molecule has 1 aromatic rings. The highest BCUT2D eigenvalue weighted by atomic mass is 16.3. The minimum atomic E-state index is 0.115. The number of rotatable bonds is 3. The van der Waals surface area contributed by atoms with Crippen LogP contribution in [0.3, 0.4) is 0 Å². The van der Waals surface area contributed by atoms with Gasteiger partial charge in [-0.05, 0) is 47.8 Å². The summed E-state index contributed by atoms with van der Waals surface area (Å²) in [4.78, 5) is 0. The van der Waals surface area contributed by atoms with Gasteiger partial charge in [0, 0.05) is 11.7 Å². The summed E-state index contributed by atoms with van der Waals surface area (Å²) in [5.74, 6) is 0. The van der Waals surface area contributed by atoms with Crippen molar-refractivity contribution in [1.29, 1.82) is 0 Å². The molecule has 0 heterocycles. The zero-order chi connectivity index (χ0) is 14.1. The highest BCUT2D eigenvalue weighted by molar-refractivity contribution is 5.45. The number of nitrogens with one attached hydrogen (secondary N) is 1. The molecule has 0 amide bonds. The van der Waals surface area contributed by atoms with Crippen LogP contribution < -0.4 is 5.32 Å². The maximum atomic E-state index is 9.07. The standard InChI is InChI=1S/C17H27NO/c1-16(2)9-15(10-17(3,4)12-16)18-14-7-5-13(11-19)6-8-14/h5-8,15,18-19H,9-12H2,1-4H3. The van der Waals surface area contributed by atoms with Gasteiger partial charge >= 0.3 is 0 Å². The van der Waals surface area contributed by atoms with Crippen LogP contribution in [0.1, 0.15) is 52.5 Å². The molecule has 0 unspecified atom stereocenters. The van der Waals surface area contributed by atoms with E-state index >= 15 is 0 Å². The van der Waals surface area contributed by atoms with Crippen LogP contribution in [-0.2, 0) is 6.61 Å². The molecule has 1 fully saturated rings. The number of hydrogen-bond acceptors (Lipinski definition) is 2. The first-order chi connectivity index (χ1) is 8.80. The third-order valence-electron chi connectivity index (χ3n) is 4.06. The molecule has 2 N–H and O–H groups in total. The topological polar surface area (TPSA) is 32.3 Å². The third-order valence-corrected chi connectivity index (χ3v) is 4.06. The molecular weight excluding hydrogens is 234 g/mol. The minimum absolute atomic E-state index is 0.115.